The van der Waals surface area contributed by atoms with Crippen LogP contribution in [0.2, 0.25) is 13.1 Å². The monoisotopic (exact) mass is 197 g/mol. The first-order chi connectivity index (χ1) is 6.14. The zero-order valence-corrected chi connectivity index (χ0v) is 10.3. The minimum Gasteiger partial charge on any atom is -0.306 e. The SMILES string of the molecule is CC=C[Si](C)(C)CN1CCCCC1. The molecule has 2 heteroatoms. The second-order valence-electron chi connectivity index (χ2n) is 4.83. The number of hydrogen-bond donors (Lipinski definition) is 0. The molecule has 0 bridgehead atoms. The molecule has 0 aromatic heterocycles. The van der Waals surface area contributed by atoms with Crippen molar-refractivity contribution in [2.45, 2.75) is 39.3 Å². The summed E-state index contributed by atoms with van der Waals surface area (Å²) in [6, 6.07) is 0. The lowest BCUT2D eigenvalue weighted by Crippen LogP contribution is -2.43. The first-order valence-corrected chi connectivity index (χ1v) is 8.79. The van der Waals surface area contributed by atoms with Crippen molar-refractivity contribution >= 4 is 8.07 Å². The maximum Gasteiger partial charge on any atom is 0.0857 e. The smallest absolute Gasteiger partial charge is 0.0857 e. The zero-order valence-electron chi connectivity index (χ0n) is 9.34. The predicted octanol–water partition coefficient (Wildman–Crippen LogP) is 2.84. The van der Waals surface area contributed by atoms with E-state index in [0.29, 0.717) is 0 Å². The number of hydrogen-bond acceptors (Lipinski definition) is 1. The third kappa shape index (κ3) is 4.10. The van der Waals surface area contributed by atoms with Crippen molar-refractivity contribution in [2.24, 2.45) is 0 Å². The summed E-state index contributed by atoms with van der Waals surface area (Å²) in [6.07, 6.45) is 7.87. The molecule has 1 fully saturated rings. The van der Waals surface area contributed by atoms with E-state index in [2.05, 4.69) is 36.7 Å². The summed E-state index contributed by atoms with van der Waals surface area (Å²) < 4.78 is 0. The van der Waals surface area contributed by atoms with Crippen LogP contribution in [-0.2, 0) is 0 Å². The zero-order chi connectivity index (χ0) is 9.73. The maximum atomic E-state index is 2.66. The molecule has 0 aromatic carbocycles. The first-order valence-electron chi connectivity index (χ1n) is 5.50. The molecule has 0 aliphatic carbocycles. The molecule has 1 heterocycles. The molecule has 0 spiro atoms. The molecule has 0 radical (unpaired) electrons. The van der Waals surface area contributed by atoms with E-state index in [0.717, 1.165) is 0 Å². The number of piperidine rings is 1. The molecule has 1 saturated heterocycles. The first kappa shape index (κ1) is 11.0. The summed E-state index contributed by atoms with van der Waals surface area (Å²) in [5.41, 5.74) is 2.46. The number of nitrogens with zero attached hydrogens (tertiary/aromatic N) is 1. The van der Waals surface area contributed by atoms with Gasteiger partial charge in [-0.2, -0.15) is 0 Å². The predicted molar refractivity (Wildman–Crippen MR) is 62.6 cm³/mol. The van der Waals surface area contributed by atoms with Gasteiger partial charge >= 0.3 is 0 Å². The Hall–Kier alpha value is -0.0831. The van der Waals surface area contributed by atoms with E-state index in [1.165, 1.54) is 38.5 Å². The molecule has 0 aromatic rings. The van der Waals surface area contributed by atoms with E-state index in [1.54, 1.807) is 0 Å². The quantitative estimate of drug-likeness (QED) is 0.629. The standard InChI is InChI=1S/C11H23NSi/c1-4-10-13(2,3)11-12-8-6-5-7-9-12/h4,10H,5-9,11H2,1-3H3. The Kier molecular flexibility index (Phi) is 4.20. The lowest BCUT2D eigenvalue weighted by molar-refractivity contribution is 0.259. The molecule has 0 unspecified atom stereocenters. The Balaban J connectivity index is 2.36. The van der Waals surface area contributed by atoms with Crippen LogP contribution in [0.4, 0.5) is 0 Å². The highest BCUT2D eigenvalue weighted by Crippen LogP contribution is 2.13. The average molecular weight is 197 g/mol. The molecular formula is C11H23NSi. The van der Waals surface area contributed by atoms with Crippen molar-refractivity contribution in [1.29, 1.82) is 0 Å². The summed E-state index contributed by atoms with van der Waals surface area (Å²) in [7, 11) is -1.05. The molecule has 13 heavy (non-hydrogen) atoms. The van der Waals surface area contributed by atoms with Crippen LogP contribution in [0.25, 0.3) is 0 Å². The van der Waals surface area contributed by atoms with Gasteiger partial charge in [-0.3, -0.25) is 0 Å². The molecule has 0 N–H and O–H groups in total. The molecule has 1 aliphatic heterocycles. The summed E-state index contributed by atoms with van der Waals surface area (Å²) in [5.74, 6) is 0. The fraction of sp³-hybridized carbons (Fsp3) is 0.818. The van der Waals surface area contributed by atoms with E-state index in [9.17, 15) is 0 Å². The fourth-order valence-corrected chi connectivity index (χ4v) is 4.67. The molecule has 1 nitrogen and oxygen atoms in total. The van der Waals surface area contributed by atoms with E-state index in [1.807, 2.05) is 0 Å². The van der Waals surface area contributed by atoms with Gasteiger partial charge in [-0.15, -0.1) is 0 Å². The minimum absolute atomic E-state index is 1.05. The molecular weight excluding hydrogens is 174 g/mol. The van der Waals surface area contributed by atoms with Gasteiger partial charge in [0, 0.05) is 0 Å². The lowest BCUT2D eigenvalue weighted by atomic mass is 10.1. The Morgan fingerprint density at radius 1 is 1.15 bits per heavy atom. The van der Waals surface area contributed by atoms with Crippen LogP contribution >= 0.6 is 0 Å². The highest BCUT2D eigenvalue weighted by Gasteiger charge is 2.21. The van der Waals surface area contributed by atoms with Crippen LogP contribution in [0.1, 0.15) is 26.2 Å². The molecule has 1 rings (SSSR count). The summed E-state index contributed by atoms with van der Waals surface area (Å²) in [5, 5.41) is 0. The number of likely N-dealkylation sites (tertiary alicyclic amines) is 1. The van der Waals surface area contributed by atoms with Gasteiger partial charge < -0.3 is 4.90 Å². The van der Waals surface area contributed by atoms with Crippen LogP contribution in [0.5, 0.6) is 0 Å². The van der Waals surface area contributed by atoms with Gasteiger partial charge in [0.25, 0.3) is 0 Å². The molecule has 0 saturated carbocycles. The Labute approximate surface area is 83.8 Å². The molecule has 0 atom stereocenters. The van der Waals surface area contributed by atoms with Crippen molar-refractivity contribution in [1.82, 2.24) is 4.90 Å². The maximum absolute atomic E-state index is 2.66. The Bertz CT molecular complexity index is 169. The largest absolute Gasteiger partial charge is 0.306 e. The van der Waals surface area contributed by atoms with Gasteiger partial charge in [0.15, 0.2) is 0 Å². The van der Waals surface area contributed by atoms with E-state index in [-0.39, 0.29) is 0 Å². The Morgan fingerprint density at radius 2 is 1.77 bits per heavy atom. The van der Waals surface area contributed by atoms with Crippen molar-refractivity contribution in [3.05, 3.63) is 11.8 Å². The minimum atomic E-state index is -1.05. The second-order valence-corrected chi connectivity index (χ2v) is 9.45. The fourth-order valence-electron chi connectivity index (χ4n) is 2.20. The van der Waals surface area contributed by atoms with Crippen molar-refractivity contribution in [3.8, 4) is 0 Å². The van der Waals surface area contributed by atoms with E-state index >= 15 is 0 Å². The Morgan fingerprint density at radius 3 is 2.31 bits per heavy atom. The summed E-state index contributed by atoms with van der Waals surface area (Å²) >= 11 is 0. The topological polar surface area (TPSA) is 3.24 Å². The molecule has 0 amide bonds. The highest BCUT2D eigenvalue weighted by molar-refractivity contribution is 6.82. The summed E-state index contributed by atoms with van der Waals surface area (Å²) in [6.45, 7) is 9.75. The van der Waals surface area contributed by atoms with Gasteiger partial charge in [0.05, 0.1) is 8.07 Å². The third-order valence-corrected chi connectivity index (χ3v) is 5.20. The van der Waals surface area contributed by atoms with Crippen LogP contribution in [0.15, 0.2) is 11.8 Å². The van der Waals surface area contributed by atoms with Gasteiger partial charge in [0.2, 0.25) is 0 Å². The average Bonchev–Trinajstić information content (AvgIpc) is 2.04. The van der Waals surface area contributed by atoms with Crippen LogP contribution in [0, 0.1) is 0 Å². The van der Waals surface area contributed by atoms with E-state index in [4.69, 9.17) is 0 Å². The van der Waals surface area contributed by atoms with Crippen LogP contribution in [0.3, 0.4) is 0 Å². The molecule has 76 valence electrons. The normalized spacial score (nSPS) is 21.2. The highest BCUT2D eigenvalue weighted by atomic mass is 28.3. The molecule has 1 aliphatic rings. The van der Waals surface area contributed by atoms with Gasteiger partial charge in [-0.05, 0) is 39.0 Å². The van der Waals surface area contributed by atoms with Crippen LogP contribution in [-0.4, -0.2) is 32.2 Å². The van der Waals surface area contributed by atoms with Gasteiger partial charge in [-0.25, -0.2) is 0 Å². The number of allylic oxidation sites excluding steroid dienone is 1. The third-order valence-electron chi connectivity index (χ3n) is 2.70. The van der Waals surface area contributed by atoms with Crippen molar-refractivity contribution < 1.29 is 0 Å². The van der Waals surface area contributed by atoms with Crippen molar-refractivity contribution in [2.75, 3.05) is 19.3 Å². The summed E-state index contributed by atoms with van der Waals surface area (Å²) in [4.78, 5) is 2.66. The van der Waals surface area contributed by atoms with Gasteiger partial charge in [-0.1, -0.05) is 31.3 Å². The second kappa shape index (κ2) is 4.96. The number of rotatable bonds is 3. The lowest BCUT2D eigenvalue weighted by Gasteiger charge is -2.32. The van der Waals surface area contributed by atoms with Crippen LogP contribution < -0.4 is 0 Å². The van der Waals surface area contributed by atoms with Crippen molar-refractivity contribution in [3.63, 3.8) is 0 Å². The van der Waals surface area contributed by atoms with Gasteiger partial charge in [0.1, 0.15) is 0 Å². The van der Waals surface area contributed by atoms with E-state index < -0.39 is 8.07 Å².